The summed E-state index contributed by atoms with van der Waals surface area (Å²) in [5.74, 6) is 0. The highest BCUT2D eigenvalue weighted by Crippen LogP contribution is 2.31. The van der Waals surface area contributed by atoms with E-state index in [-0.39, 0.29) is 5.69 Å². The van der Waals surface area contributed by atoms with Crippen LogP contribution in [0.25, 0.3) is 11.3 Å². The Labute approximate surface area is 95.7 Å². The lowest BCUT2D eigenvalue weighted by Crippen LogP contribution is -2.11. The Morgan fingerprint density at radius 3 is 2.24 bits per heavy atom. The van der Waals surface area contributed by atoms with E-state index in [1.807, 2.05) is 0 Å². The van der Waals surface area contributed by atoms with Gasteiger partial charge in [0.25, 0.3) is 0 Å². The summed E-state index contributed by atoms with van der Waals surface area (Å²) >= 11 is 0. The maximum atomic E-state index is 12.6. The highest BCUT2D eigenvalue weighted by atomic mass is 19.4. The van der Waals surface area contributed by atoms with Gasteiger partial charge in [0.1, 0.15) is 5.69 Å². The van der Waals surface area contributed by atoms with Crippen LogP contribution in [0.3, 0.4) is 0 Å². The number of anilines is 1. The third kappa shape index (κ3) is 2.25. The molecule has 2 N–H and O–H groups in total. The monoisotopic (exact) mass is 241 g/mol. The normalized spacial score (nSPS) is 11.8. The van der Waals surface area contributed by atoms with Crippen LogP contribution in [0.1, 0.15) is 5.69 Å². The van der Waals surface area contributed by atoms with Crippen molar-refractivity contribution in [2.75, 3.05) is 5.73 Å². The highest BCUT2D eigenvalue weighted by molar-refractivity contribution is 5.62. The molecule has 2 rings (SSSR count). The van der Waals surface area contributed by atoms with Gasteiger partial charge in [0.15, 0.2) is 0 Å². The maximum absolute atomic E-state index is 12.6. The molecule has 0 amide bonds. The van der Waals surface area contributed by atoms with Crippen LogP contribution in [-0.4, -0.2) is 9.78 Å². The lowest BCUT2D eigenvalue weighted by molar-refractivity contribution is -0.143. The third-order valence-corrected chi connectivity index (χ3v) is 2.38. The summed E-state index contributed by atoms with van der Waals surface area (Å²) in [4.78, 5) is 0. The first kappa shape index (κ1) is 11.5. The second kappa shape index (κ2) is 3.80. The van der Waals surface area contributed by atoms with Crippen LogP contribution in [0.2, 0.25) is 0 Å². The van der Waals surface area contributed by atoms with E-state index in [1.54, 1.807) is 24.3 Å². The van der Waals surface area contributed by atoms with Crippen LogP contribution in [0.5, 0.6) is 0 Å². The summed E-state index contributed by atoms with van der Waals surface area (Å²) in [7, 11) is 1.27. The predicted octanol–water partition coefficient (Wildman–Crippen LogP) is 2.69. The molecule has 1 heterocycles. The van der Waals surface area contributed by atoms with Gasteiger partial charge in [0, 0.05) is 18.3 Å². The van der Waals surface area contributed by atoms with E-state index in [9.17, 15) is 13.2 Å². The van der Waals surface area contributed by atoms with E-state index in [0.717, 1.165) is 10.7 Å². The van der Waals surface area contributed by atoms with Crippen molar-refractivity contribution < 1.29 is 13.2 Å². The number of rotatable bonds is 1. The number of hydrogen-bond donors (Lipinski definition) is 1. The van der Waals surface area contributed by atoms with Gasteiger partial charge in [-0.15, -0.1) is 0 Å². The number of nitrogens with two attached hydrogens (primary N) is 1. The molecule has 1 aromatic carbocycles. The maximum Gasteiger partial charge on any atom is 0.433 e. The van der Waals surface area contributed by atoms with Crippen LogP contribution in [-0.2, 0) is 13.2 Å². The molecule has 0 aliphatic carbocycles. The Morgan fingerprint density at radius 1 is 1.18 bits per heavy atom. The minimum Gasteiger partial charge on any atom is -0.399 e. The van der Waals surface area contributed by atoms with Gasteiger partial charge in [-0.25, -0.2) is 0 Å². The van der Waals surface area contributed by atoms with E-state index >= 15 is 0 Å². The van der Waals surface area contributed by atoms with Gasteiger partial charge < -0.3 is 5.73 Å². The Bertz CT molecular complexity index is 526. The number of aryl methyl sites for hydroxylation is 1. The molecule has 3 nitrogen and oxygen atoms in total. The smallest absolute Gasteiger partial charge is 0.399 e. The lowest BCUT2D eigenvalue weighted by atomic mass is 10.1. The van der Waals surface area contributed by atoms with E-state index in [0.29, 0.717) is 11.3 Å². The number of halogens is 3. The molecule has 0 fully saturated rings. The molecule has 0 saturated carbocycles. The summed E-state index contributed by atoms with van der Waals surface area (Å²) in [6, 6.07) is 7.54. The Hall–Kier alpha value is -1.98. The SMILES string of the molecule is Cn1nc(-c2ccc(N)cc2)cc1C(F)(F)F. The largest absolute Gasteiger partial charge is 0.433 e. The zero-order valence-corrected chi connectivity index (χ0v) is 8.99. The number of nitrogen functional groups attached to an aromatic ring is 1. The molecule has 0 aliphatic heterocycles. The standard InChI is InChI=1S/C11H10F3N3/c1-17-10(11(12,13)14)6-9(16-17)7-2-4-8(15)5-3-7/h2-6H,15H2,1H3. The molecule has 90 valence electrons. The van der Waals surface area contributed by atoms with Gasteiger partial charge in [-0.3, -0.25) is 4.68 Å². The molecule has 17 heavy (non-hydrogen) atoms. The summed E-state index contributed by atoms with van der Waals surface area (Å²) in [6.45, 7) is 0. The fraction of sp³-hybridized carbons (Fsp3) is 0.182. The fourth-order valence-corrected chi connectivity index (χ4v) is 1.53. The van der Waals surface area contributed by atoms with Crippen molar-refractivity contribution in [1.29, 1.82) is 0 Å². The van der Waals surface area contributed by atoms with E-state index < -0.39 is 11.9 Å². The van der Waals surface area contributed by atoms with E-state index in [1.165, 1.54) is 7.05 Å². The van der Waals surface area contributed by atoms with Crippen LogP contribution in [0.4, 0.5) is 18.9 Å². The lowest BCUT2D eigenvalue weighted by Gasteiger charge is -2.04. The highest BCUT2D eigenvalue weighted by Gasteiger charge is 2.34. The van der Waals surface area contributed by atoms with Gasteiger partial charge in [0.2, 0.25) is 0 Å². The number of alkyl halides is 3. The van der Waals surface area contributed by atoms with Crippen LogP contribution in [0, 0.1) is 0 Å². The van der Waals surface area contributed by atoms with Crippen molar-refractivity contribution in [3.8, 4) is 11.3 Å². The van der Waals surface area contributed by atoms with Crippen molar-refractivity contribution in [1.82, 2.24) is 9.78 Å². The second-order valence-electron chi connectivity index (χ2n) is 3.66. The van der Waals surface area contributed by atoms with Crippen LogP contribution < -0.4 is 5.73 Å². The summed E-state index contributed by atoms with van der Waals surface area (Å²) < 4.78 is 38.5. The van der Waals surface area contributed by atoms with Gasteiger partial charge >= 0.3 is 6.18 Å². The van der Waals surface area contributed by atoms with Crippen LogP contribution in [0.15, 0.2) is 30.3 Å². The van der Waals surface area contributed by atoms with Crippen molar-refractivity contribution in [2.24, 2.45) is 7.05 Å². The minimum absolute atomic E-state index is 0.278. The van der Waals surface area contributed by atoms with Gasteiger partial charge in [-0.1, -0.05) is 12.1 Å². The molecule has 0 spiro atoms. The van der Waals surface area contributed by atoms with Crippen molar-refractivity contribution >= 4 is 5.69 Å². The van der Waals surface area contributed by atoms with Crippen LogP contribution >= 0.6 is 0 Å². The molecular formula is C11H10F3N3. The molecule has 1 aromatic heterocycles. The van der Waals surface area contributed by atoms with E-state index in [2.05, 4.69) is 5.10 Å². The summed E-state index contributed by atoms with van der Waals surface area (Å²) in [5, 5.41) is 3.83. The van der Waals surface area contributed by atoms with Crippen molar-refractivity contribution in [2.45, 2.75) is 6.18 Å². The number of nitrogens with zero attached hydrogens (tertiary/aromatic N) is 2. The Kier molecular flexibility index (Phi) is 2.57. The molecule has 2 aromatic rings. The van der Waals surface area contributed by atoms with Gasteiger partial charge in [-0.05, 0) is 18.2 Å². The molecule has 0 aliphatic rings. The average Bonchev–Trinajstić information content (AvgIpc) is 2.61. The molecule has 0 unspecified atom stereocenters. The topological polar surface area (TPSA) is 43.8 Å². The third-order valence-electron chi connectivity index (χ3n) is 2.38. The minimum atomic E-state index is -4.40. The van der Waals surface area contributed by atoms with Crippen molar-refractivity contribution in [3.63, 3.8) is 0 Å². The first-order valence-electron chi connectivity index (χ1n) is 4.85. The van der Waals surface area contributed by atoms with Gasteiger partial charge in [0.05, 0.1) is 5.69 Å². The zero-order chi connectivity index (χ0) is 12.6. The molecular weight excluding hydrogens is 231 g/mol. The number of benzene rings is 1. The number of aromatic nitrogens is 2. The fourth-order valence-electron chi connectivity index (χ4n) is 1.53. The van der Waals surface area contributed by atoms with Gasteiger partial charge in [-0.2, -0.15) is 18.3 Å². The molecule has 0 bridgehead atoms. The summed E-state index contributed by atoms with van der Waals surface area (Å²) in [5.41, 5.74) is 6.17. The van der Waals surface area contributed by atoms with Crippen molar-refractivity contribution in [3.05, 3.63) is 36.0 Å². The predicted molar refractivity (Wildman–Crippen MR) is 58.1 cm³/mol. The summed E-state index contributed by atoms with van der Waals surface area (Å²) in [6.07, 6.45) is -4.40. The van der Waals surface area contributed by atoms with E-state index in [4.69, 9.17) is 5.73 Å². The average molecular weight is 241 g/mol. The molecule has 6 heteroatoms. The quantitative estimate of drug-likeness (QED) is 0.780. The first-order valence-corrected chi connectivity index (χ1v) is 4.85. The number of hydrogen-bond acceptors (Lipinski definition) is 2. The Balaban J connectivity index is 2.45. The zero-order valence-electron chi connectivity index (χ0n) is 8.99. The molecule has 0 saturated heterocycles. The molecule has 0 radical (unpaired) electrons. The second-order valence-corrected chi connectivity index (χ2v) is 3.66. The Morgan fingerprint density at radius 2 is 1.76 bits per heavy atom. The first-order chi connectivity index (χ1) is 7.88. The molecule has 0 atom stereocenters.